The molecule has 0 amide bonds. The van der Waals surface area contributed by atoms with Gasteiger partial charge in [0.05, 0.1) is 31.0 Å². The first-order valence-corrected chi connectivity index (χ1v) is 6.40. The number of nitrogens with two attached hydrogens (primary N) is 1. The smallest absolute Gasteiger partial charge is 0.418 e. The van der Waals surface area contributed by atoms with Crippen LogP contribution in [0.1, 0.15) is 26.4 Å². The van der Waals surface area contributed by atoms with Crippen molar-refractivity contribution in [1.29, 1.82) is 0 Å². The first kappa shape index (κ1) is 17.3. The zero-order chi connectivity index (χ0) is 18.1. The second-order valence-corrected chi connectivity index (χ2v) is 4.60. The lowest BCUT2D eigenvalue weighted by Gasteiger charge is -2.16. The van der Waals surface area contributed by atoms with E-state index in [2.05, 4.69) is 14.5 Å². The molecule has 0 aliphatic rings. The number of anilines is 1. The van der Waals surface area contributed by atoms with Gasteiger partial charge in [0.25, 0.3) is 0 Å². The molecule has 0 spiro atoms. The second-order valence-electron chi connectivity index (χ2n) is 4.60. The highest BCUT2D eigenvalue weighted by atomic mass is 19.4. The average molecular weight is 343 g/mol. The fourth-order valence-corrected chi connectivity index (χ4v) is 2.00. The van der Waals surface area contributed by atoms with Crippen molar-refractivity contribution in [3.63, 3.8) is 0 Å². The topological polar surface area (TPSA) is 96.4 Å². The van der Waals surface area contributed by atoms with Crippen molar-refractivity contribution >= 4 is 17.6 Å². The zero-order valence-corrected chi connectivity index (χ0v) is 12.5. The Hall–Kier alpha value is -3.04. The molecule has 0 saturated carbocycles. The van der Waals surface area contributed by atoms with Gasteiger partial charge in [-0.05, 0) is 12.1 Å². The van der Waals surface area contributed by atoms with Crippen molar-refractivity contribution in [2.24, 2.45) is 0 Å². The summed E-state index contributed by atoms with van der Waals surface area (Å²) in [7, 11) is 2.19. The van der Waals surface area contributed by atoms with E-state index >= 15 is 0 Å². The van der Waals surface area contributed by atoms with Gasteiger partial charge in [-0.1, -0.05) is 0 Å². The van der Waals surface area contributed by atoms with E-state index in [9.17, 15) is 22.8 Å². The number of methoxy groups -OCH3 is 2. The number of ether oxygens (including phenoxy) is 2. The van der Waals surface area contributed by atoms with Gasteiger partial charge in [-0.15, -0.1) is 0 Å². The number of alkyl halides is 3. The highest BCUT2D eigenvalue weighted by Gasteiger charge is 2.35. The number of hydrogen-bond donors (Lipinski definition) is 1. The van der Waals surface area contributed by atoms with Crippen molar-refractivity contribution in [3.05, 3.63) is 41.5 Å². The molecule has 1 aromatic carbocycles. The zero-order valence-electron chi connectivity index (χ0n) is 12.5. The van der Waals surface area contributed by atoms with Gasteiger partial charge in [0.1, 0.15) is 6.33 Å². The van der Waals surface area contributed by atoms with Crippen LogP contribution in [0.5, 0.6) is 0 Å². The number of imidazole rings is 1. The average Bonchev–Trinajstić information content (AvgIpc) is 3.02. The highest BCUT2D eigenvalue weighted by Crippen LogP contribution is 2.36. The molecule has 0 unspecified atom stereocenters. The maximum Gasteiger partial charge on any atom is 0.418 e. The number of halogens is 3. The molecule has 0 saturated heterocycles. The quantitative estimate of drug-likeness (QED) is 0.677. The molecule has 0 fully saturated rings. The summed E-state index contributed by atoms with van der Waals surface area (Å²) in [5.74, 6) is -1.71. The van der Waals surface area contributed by atoms with E-state index in [0.717, 1.165) is 37.4 Å². The van der Waals surface area contributed by atoms with E-state index in [-0.39, 0.29) is 16.9 Å². The molecule has 24 heavy (non-hydrogen) atoms. The Morgan fingerprint density at radius 1 is 1.17 bits per heavy atom. The number of hydrogen-bond acceptors (Lipinski definition) is 6. The maximum absolute atomic E-state index is 13.3. The highest BCUT2D eigenvalue weighted by molar-refractivity contribution is 5.96. The molecular formula is C14H12F3N3O4. The van der Waals surface area contributed by atoms with Crippen molar-refractivity contribution in [2.75, 3.05) is 20.0 Å². The molecule has 1 aromatic heterocycles. The molecule has 0 bridgehead atoms. The fourth-order valence-electron chi connectivity index (χ4n) is 2.00. The summed E-state index contributed by atoms with van der Waals surface area (Å²) in [5, 5.41) is 0. The number of rotatable bonds is 3. The van der Waals surface area contributed by atoms with Crippen LogP contribution in [0.3, 0.4) is 0 Å². The molecule has 10 heteroatoms. The predicted molar refractivity (Wildman–Crippen MR) is 75.7 cm³/mol. The molecule has 2 aromatic rings. The Bertz CT molecular complexity index is 799. The van der Waals surface area contributed by atoms with Gasteiger partial charge in [0.2, 0.25) is 0 Å². The minimum absolute atomic E-state index is 0.193. The molecule has 0 radical (unpaired) electrons. The van der Waals surface area contributed by atoms with E-state index in [1.807, 2.05) is 0 Å². The largest absolute Gasteiger partial charge is 0.465 e. The maximum atomic E-state index is 13.3. The third-order valence-electron chi connectivity index (χ3n) is 3.13. The van der Waals surface area contributed by atoms with E-state index in [0.29, 0.717) is 6.07 Å². The molecule has 7 nitrogen and oxygen atoms in total. The number of esters is 2. The van der Waals surface area contributed by atoms with Crippen LogP contribution in [0.15, 0.2) is 24.7 Å². The summed E-state index contributed by atoms with van der Waals surface area (Å²) in [6.45, 7) is 0. The van der Waals surface area contributed by atoms with Crippen LogP contribution >= 0.6 is 0 Å². The summed E-state index contributed by atoms with van der Waals surface area (Å²) in [6.07, 6.45) is -2.70. The minimum atomic E-state index is -4.74. The number of carbonyl (C=O) groups excluding carboxylic acids is 2. The van der Waals surface area contributed by atoms with Gasteiger partial charge in [-0.25, -0.2) is 14.6 Å². The van der Waals surface area contributed by atoms with Gasteiger partial charge in [-0.3, -0.25) is 0 Å². The molecule has 1 heterocycles. The third-order valence-corrected chi connectivity index (χ3v) is 3.13. The Balaban J connectivity index is 2.67. The number of carbonyl (C=O) groups is 2. The Kier molecular flexibility index (Phi) is 4.49. The lowest BCUT2D eigenvalue weighted by Crippen LogP contribution is -2.14. The van der Waals surface area contributed by atoms with Gasteiger partial charge >= 0.3 is 18.1 Å². The molecular weight excluding hydrogens is 331 g/mol. The van der Waals surface area contributed by atoms with Gasteiger partial charge in [0, 0.05) is 11.9 Å². The third kappa shape index (κ3) is 3.16. The molecule has 0 aliphatic heterocycles. The van der Waals surface area contributed by atoms with Crippen LogP contribution in [0.25, 0.3) is 5.69 Å². The van der Waals surface area contributed by atoms with E-state index in [1.54, 1.807) is 0 Å². The summed E-state index contributed by atoms with van der Waals surface area (Å²) >= 11 is 0. The van der Waals surface area contributed by atoms with E-state index in [1.165, 1.54) is 0 Å². The fraction of sp³-hybridized carbons (Fsp3) is 0.214. The summed E-state index contributed by atoms with van der Waals surface area (Å²) < 4.78 is 49.7. The van der Waals surface area contributed by atoms with Gasteiger partial charge in [0.15, 0.2) is 5.69 Å². The molecule has 0 aliphatic carbocycles. The Labute approximate surface area is 133 Å². The van der Waals surface area contributed by atoms with E-state index in [4.69, 9.17) is 5.73 Å². The molecule has 128 valence electrons. The van der Waals surface area contributed by atoms with Crippen LogP contribution < -0.4 is 5.73 Å². The van der Waals surface area contributed by atoms with Crippen LogP contribution in [0, 0.1) is 0 Å². The Morgan fingerprint density at radius 3 is 2.33 bits per heavy atom. The lowest BCUT2D eigenvalue weighted by atomic mass is 10.1. The minimum Gasteiger partial charge on any atom is -0.465 e. The first-order chi connectivity index (χ1) is 11.2. The summed E-state index contributed by atoms with van der Waals surface area (Å²) in [5.41, 5.74) is 3.17. The van der Waals surface area contributed by atoms with Crippen LogP contribution in [-0.4, -0.2) is 35.7 Å². The normalized spacial score (nSPS) is 11.2. The summed E-state index contributed by atoms with van der Waals surface area (Å²) in [6, 6.07) is 1.55. The van der Waals surface area contributed by atoms with Crippen molar-refractivity contribution < 1.29 is 32.2 Å². The van der Waals surface area contributed by atoms with Crippen molar-refractivity contribution in [1.82, 2.24) is 9.55 Å². The van der Waals surface area contributed by atoms with E-state index < -0.39 is 29.4 Å². The number of nitrogen functional groups attached to an aromatic ring is 1. The first-order valence-electron chi connectivity index (χ1n) is 6.40. The Morgan fingerprint density at radius 2 is 1.79 bits per heavy atom. The molecule has 0 atom stereocenters. The standard InChI is InChI=1S/C14H12F3N3O4/c1-23-12(21)7-3-11(8(4-9(7)18)14(15,16)17)20-5-10(19-6-20)13(22)24-2/h3-6H,18H2,1-2H3. The monoisotopic (exact) mass is 343 g/mol. The van der Waals surface area contributed by atoms with Gasteiger partial charge < -0.3 is 19.8 Å². The van der Waals surface area contributed by atoms with Crippen LogP contribution in [-0.2, 0) is 15.7 Å². The number of benzene rings is 1. The van der Waals surface area contributed by atoms with Crippen molar-refractivity contribution in [3.8, 4) is 5.69 Å². The molecule has 2 rings (SSSR count). The SMILES string of the molecule is COC(=O)c1cn(-c2cc(C(=O)OC)c(N)cc2C(F)(F)F)cn1. The van der Waals surface area contributed by atoms with Crippen LogP contribution in [0.4, 0.5) is 18.9 Å². The number of nitrogens with zero attached hydrogens (tertiary/aromatic N) is 2. The number of aromatic nitrogens is 2. The lowest BCUT2D eigenvalue weighted by molar-refractivity contribution is -0.137. The van der Waals surface area contributed by atoms with Crippen molar-refractivity contribution in [2.45, 2.75) is 6.18 Å². The second kappa shape index (κ2) is 6.22. The summed E-state index contributed by atoms with van der Waals surface area (Å²) in [4.78, 5) is 26.7. The predicted octanol–water partition coefficient (Wildman–Crippen LogP) is 2.05. The van der Waals surface area contributed by atoms with Crippen LogP contribution in [0.2, 0.25) is 0 Å². The van der Waals surface area contributed by atoms with Gasteiger partial charge in [-0.2, -0.15) is 13.2 Å². The molecule has 2 N–H and O–H groups in total.